The minimum absolute atomic E-state index is 0.0463. The largest absolute Gasteiger partial charge is 0.462 e. The predicted octanol–water partition coefficient (Wildman–Crippen LogP) is 7.30. The third-order valence-electron chi connectivity index (χ3n) is 12.1. The van der Waals surface area contributed by atoms with Gasteiger partial charge in [-0.1, -0.05) is 27.2 Å². The lowest BCUT2D eigenvalue weighted by Crippen LogP contribution is -2.54. The Kier molecular flexibility index (Phi) is 6.93. The third kappa shape index (κ3) is 4.43. The molecule has 5 fully saturated rings. The van der Waals surface area contributed by atoms with Crippen LogP contribution in [0.3, 0.4) is 0 Å². The Morgan fingerprint density at radius 2 is 1.64 bits per heavy atom. The highest BCUT2D eigenvalue weighted by Crippen LogP contribution is 2.68. The van der Waals surface area contributed by atoms with Crippen LogP contribution in [0.5, 0.6) is 0 Å². The number of esters is 1. The van der Waals surface area contributed by atoms with Crippen molar-refractivity contribution in [2.24, 2.45) is 46.3 Å². The summed E-state index contributed by atoms with van der Waals surface area (Å²) in [5.74, 6) is 4.84. The summed E-state index contributed by atoms with van der Waals surface area (Å²) in [6.07, 6.45) is 19.3. The van der Waals surface area contributed by atoms with Crippen molar-refractivity contribution in [1.29, 1.82) is 0 Å². The Hall–Kier alpha value is -0.570. The van der Waals surface area contributed by atoms with Gasteiger partial charge >= 0.3 is 5.97 Å². The SMILES string of the molecule is C[C@H](CCC(=O)OC1CCCCC1)[C@H]1CC[C@H]2[C@@H]3CC[C@@H]4C[C@H](O)CC[C@]4(C)[C@H]3CC[C@]12C. The van der Waals surface area contributed by atoms with Crippen molar-refractivity contribution in [3.63, 3.8) is 0 Å². The molecule has 0 spiro atoms. The first-order valence-electron chi connectivity index (χ1n) is 14.7. The molecular formula is C30H50O3. The minimum Gasteiger partial charge on any atom is -0.462 e. The summed E-state index contributed by atoms with van der Waals surface area (Å²) in [6, 6.07) is 0. The molecule has 188 valence electrons. The number of fused-ring (bicyclic) bond motifs is 5. The fourth-order valence-corrected chi connectivity index (χ4v) is 10.2. The van der Waals surface area contributed by atoms with Crippen LogP contribution < -0.4 is 0 Å². The summed E-state index contributed by atoms with van der Waals surface area (Å²) in [6.45, 7) is 7.65. The van der Waals surface area contributed by atoms with E-state index >= 15 is 0 Å². The zero-order valence-electron chi connectivity index (χ0n) is 21.7. The van der Waals surface area contributed by atoms with Crippen molar-refractivity contribution >= 4 is 5.97 Å². The van der Waals surface area contributed by atoms with E-state index < -0.39 is 0 Å². The molecule has 0 aromatic rings. The van der Waals surface area contributed by atoms with Crippen LogP contribution in [-0.2, 0) is 9.53 Å². The van der Waals surface area contributed by atoms with E-state index in [0.717, 1.165) is 61.7 Å². The maximum atomic E-state index is 12.5. The second-order valence-corrected chi connectivity index (χ2v) is 13.6. The molecule has 33 heavy (non-hydrogen) atoms. The number of aliphatic hydroxyl groups is 1. The normalized spacial score (nSPS) is 46.7. The van der Waals surface area contributed by atoms with Crippen molar-refractivity contribution in [1.82, 2.24) is 0 Å². The highest BCUT2D eigenvalue weighted by atomic mass is 16.5. The lowest BCUT2D eigenvalue weighted by molar-refractivity contribution is -0.151. The highest BCUT2D eigenvalue weighted by molar-refractivity contribution is 5.69. The van der Waals surface area contributed by atoms with Crippen LogP contribution in [-0.4, -0.2) is 23.3 Å². The second-order valence-electron chi connectivity index (χ2n) is 13.6. The number of carbonyl (C=O) groups is 1. The second kappa shape index (κ2) is 9.47. The van der Waals surface area contributed by atoms with Crippen molar-refractivity contribution in [3.8, 4) is 0 Å². The molecule has 5 aliphatic carbocycles. The smallest absolute Gasteiger partial charge is 0.306 e. The monoisotopic (exact) mass is 458 g/mol. The zero-order chi connectivity index (χ0) is 23.2. The van der Waals surface area contributed by atoms with Crippen LogP contribution in [0.4, 0.5) is 0 Å². The molecule has 9 atom stereocenters. The fraction of sp³-hybridized carbons (Fsp3) is 0.967. The van der Waals surface area contributed by atoms with Gasteiger partial charge in [-0.05, 0) is 136 Å². The van der Waals surface area contributed by atoms with Gasteiger partial charge in [0.05, 0.1) is 6.10 Å². The maximum Gasteiger partial charge on any atom is 0.306 e. The lowest BCUT2D eigenvalue weighted by Gasteiger charge is -2.61. The zero-order valence-corrected chi connectivity index (χ0v) is 21.7. The van der Waals surface area contributed by atoms with E-state index in [9.17, 15) is 9.90 Å². The van der Waals surface area contributed by atoms with Gasteiger partial charge in [0.1, 0.15) is 6.10 Å². The Morgan fingerprint density at radius 3 is 2.42 bits per heavy atom. The predicted molar refractivity (Wildman–Crippen MR) is 133 cm³/mol. The van der Waals surface area contributed by atoms with E-state index in [0.29, 0.717) is 23.2 Å². The van der Waals surface area contributed by atoms with Crippen LogP contribution in [0.2, 0.25) is 0 Å². The van der Waals surface area contributed by atoms with Crippen LogP contribution in [0.25, 0.3) is 0 Å². The molecule has 0 saturated heterocycles. The van der Waals surface area contributed by atoms with Gasteiger partial charge in [-0.15, -0.1) is 0 Å². The molecule has 0 unspecified atom stereocenters. The van der Waals surface area contributed by atoms with Crippen molar-refractivity contribution < 1.29 is 14.6 Å². The quantitative estimate of drug-likeness (QED) is 0.440. The molecule has 0 bridgehead atoms. The van der Waals surface area contributed by atoms with Gasteiger partial charge in [0.15, 0.2) is 0 Å². The highest BCUT2D eigenvalue weighted by Gasteiger charge is 2.60. The van der Waals surface area contributed by atoms with E-state index in [4.69, 9.17) is 4.74 Å². The molecule has 0 radical (unpaired) electrons. The van der Waals surface area contributed by atoms with E-state index in [-0.39, 0.29) is 18.2 Å². The van der Waals surface area contributed by atoms with Crippen molar-refractivity contribution in [2.45, 2.75) is 136 Å². The fourth-order valence-electron chi connectivity index (χ4n) is 10.2. The Morgan fingerprint density at radius 1 is 0.909 bits per heavy atom. The molecule has 5 rings (SSSR count). The number of hydrogen-bond acceptors (Lipinski definition) is 3. The summed E-state index contributed by atoms with van der Waals surface area (Å²) in [7, 11) is 0. The lowest BCUT2D eigenvalue weighted by atomic mass is 9.44. The van der Waals surface area contributed by atoms with E-state index in [1.807, 2.05) is 0 Å². The van der Waals surface area contributed by atoms with Crippen LogP contribution in [0, 0.1) is 46.3 Å². The van der Waals surface area contributed by atoms with Gasteiger partial charge < -0.3 is 9.84 Å². The van der Waals surface area contributed by atoms with Crippen molar-refractivity contribution in [2.75, 3.05) is 0 Å². The molecule has 3 nitrogen and oxygen atoms in total. The minimum atomic E-state index is -0.0463. The Balaban J connectivity index is 1.19. The van der Waals surface area contributed by atoms with Gasteiger partial charge in [-0.3, -0.25) is 4.79 Å². The van der Waals surface area contributed by atoms with Gasteiger partial charge in [0, 0.05) is 6.42 Å². The molecule has 1 N–H and O–H groups in total. The molecule has 0 aromatic heterocycles. The molecule has 0 amide bonds. The molecule has 3 heteroatoms. The van der Waals surface area contributed by atoms with Crippen LogP contribution in [0.1, 0.15) is 124 Å². The topological polar surface area (TPSA) is 46.5 Å². The first-order valence-corrected chi connectivity index (χ1v) is 14.7. The summed E-state index contributed by atoms with van der Waals surface area (Å²) in [4.78, 5) is 12.5. The first-order chi connectivity index (χ1) is 15.8. The number of aliphatic hydroxyl groups excluding tert-OH is 1. The van der Waals surface area contributed by atoms with Crippen LogP contribution >= 0.6 is 0 Å². The molecule has 5 saturated carbocycles. The maximum absolute atomic E-state index is 12.5. The third-order valence-corrected chi connectivity index (χ3v) is 12.1. The Labute approximate surface area is 202 Å². The molecule has 0 heterocycles. The standard InChI is InChI=1S/C30H50O3/c1-20(9-14-28(32)33-23-7-5-4-6-8-23)25-12-13-26-24-11-10-21-19-22(31)15-17-29(21,2)27(24)16-18-30(25,26)3/h20-27,31H,4-19H2,1-3H3/t20-,21-,22-,24+,25-,26+,27+,29+,30-/m1/s1. The summed E-state index contributed by atoms with van der Waals surface area (Å²) < 4.78 is 5.82. The number of ether oxygens (including phenoxy) is 1. The Bertz CT molecular complexity index is 699. The molecule has 0 aliphatic heterocycles. The van der Waals surface area contributed by atoms with Crippen molar-refractivity contribution in [3.05, 3.63) is 0 Å². The van der Waals surface area contributed by atoms with E-state index in [1.165, 1.54) is 64.2 Å². The number of carbonyl (C=O) groups excluding carboxylic acids is 1. The van der Waals surface area contributed by atoms with Crippen LogP contribution in [0.15, 0.2) is 0 Å². The molecule has 5 aliphatic rings. The van der Waals surface area contributed by atoms with Gasteiger partial charge in [0.2, 0.25) is 0 Å². The van der Waals surface area contributed by atoms with E-state index in [2.05, 4.69) is 20.8 Å². The molecule has 0 aromatic carbocycles. The van der Waals surface area contributed by atoms with Gasteiger partial charge in [0.25, 0.3) is 0 Å². The average Bonchev–Trinajstić information content (AvgIpc) is 3.16. The van der Waals surface area contributed by atoms with E-state index in [1.54, 1.807) is 0 Å². The summed E-state index contributed by atoms with van der Waals surface area (Å²) in [5.41, 5.74) is 0.932. The summed E-state index contributed by atoms with van der Waals surface area (Å²) >= 11 is 0. The number of hydrogen-bond donors (Lipinski definition) is 1. The summed E-state index contributed by atoms with van der Waals surface area (Å²) in [5, 5.41) is 10.3. The molecular weight excluding hydrogens is 408 g/mol. The van der Waals surface area contributed by atoms with Gasteiger partial charge in [-0.2, -0.15) is 0 Å². The number of rotatable bonds is 5. The average molecular weight is 459 g/mol. The van der Waals surface area contributed by atoms with Gasteiger partial charge in [-0.25, -0.2) is 0 Å². The first kappa shape index (κ1) is 24.1.